The number of amidine groups is 1. The van der Waals surface area contributed by atoms with E-state index in [0.29, 0.717) is 5.84 Å². The molecule has 0 aromatic heterocycles. The van der Waals surface area contributed by atoms with Crippen molar-refractivity contribution in [3.05, 3.63) is 0 Å². The van der Waals surface area contributed by atoms with E-state index in [9.17, 15) is 4.79 Å². The van der Waals surface area contributed by atoms with Crippen LogP contribution in [-0.2, 0) is 4.79 Å². The number of carbonyl (C=O) groups excluding carboxylic acids is 1. The Morgan fingerprint density at radius 1 is 1.57 bits per heavy atom. The third kappa shape index (κ3) is 5.14. The van der Waals surface area contributed by atoms with Gasteiger partial charge in [0.25, 0.3) is 0 Å². The second-order valence-electron chi connectivity index (χ2n) is 1.27. The SMILES string of the molecule is CC(=O)N=C(C)N. The average Bonchev–Trinajstić information content (AvgIpc) is 1.27. The van der Waals surface area contributed by atoms with Crippen molar-refractivity contribution < 1.29 is 4.79 Å². The van der Waals surface area contributed by atoms with Gasteiger partial charge in [-0.2, -0.15) is 0 Å². The Morgan fingerprint density at radius 2 is 2.00 bits per heavy atom. The van der Waals surface area contributed by atoms with Gasteiger partial charge < -0.3 is 5.73 Å². The summed E-state index contributed by atoms with van der Waals surface area (Å²) in [4.78, 5) is 13.3. The summed E-state index contributed by atoms with van der Waals surface area (Å²) in [5, 5.41) is 0. The van der Waals surface area contributed by atoms with Gasteiger partial charge in [-0.1, -0.05) is 0 Å². The van der Waals surface area contributed by atoms with E-state index in [-0.39, 0.29) is 5.91 Å². The summed E-state index contributed by atoms with van der Waals surface area (Å²) >= 11 is 0. The molecule has 0 saturated heterocycles. The van der Waals surface area contributed by atoms with Crippen molar-refractivity contribution >= 4 is 11.7 Å². The molecule has 0 bridgehead atoms. The maximum absolute atomic E-state index is 9.99. The van der Waals surface area contributed by atoms with Crippen LogP contribution in [0.1, 0.15) is 13.8 Å². The molecule has 0 fully saturated rings. The summed E-state index contributed by atoms with van der Waals surface area (Å²) < 4.78 is 0. The monoisotopic (exact) mass is 100 g/mol. The van der Waals surface area contributed by atoms with Gasteiger partial charge in [0.1, 0.15) is 0 Å². The second-order valence-corrected chi connectivity index (χ2v) is 1.27. The van der Waals surface area contributed by atoms with Gasteiger partial charge in [-0.3, -0.25) is 4.79 Å². The average molecular weight is 100 g/mol. The van der Waals surface area contributed by atoms with E-state index in [1.165, 1.54) is 6.92 Å². The van der Waals surface area contributed by atoms with Crippen LogP contribution in [0, 0.1) is 0 Å². The van der Waals surface area contributed by atoms with Crippen molar-refractivity contribution in [3.63, 3.8) is 0 Å². The predicted molar refractivity (Wildman–Crippen MR) is 28.0 cm³/mol. The van der Waals surface area contributed by atoms with Gasteiger partial charge in [-0.25, -0.2) is 4.99 Å². The molecule has 0 aromatic carbocycles. The van der Waals surface area contributed by atoms with Crippen molar-refractivity contribution in [2.45, 2.75) is 13.8 Å². The van der Waals surface area contributed by atoms with Crippen molar-refractivity contribution in [2.24, 2.45) is 10.7 Å². The molecule has 40 valence electrons. The highest BCUT2D eigenvalue weighted by Crippen LogP contribution is 1.68. The van der Waals surface area contributed by atoms with E-state index >= 15 is 0 Å². The second kappa shape index (κ2) is 2.34. The Kier molecular flexibility index (Phi) is 2.05. The number of carbonyl (C=O) groups is 1. The molecule has 0 unspecified atom stereocenters. The number of nitrogens with zero attached hydrogens (tertiary/aromatic N) is 1. The molecule has 0 aliphatic rings. The topological polar surface area (TPSA) is 55.5 Å². The Bertz CT molecular complexity index is 102. The first-order valence-corrected chi connectivity index (χ1v) is 1.94. The molecule has 1 amide bonds. The van der Waals surface area contributed by atoms with Gasteiger partial charge in [0.05, 0.1) is 5.84 Å². The highest BCUT2D eigenvalue weighted by atomic mass is 16.1. The minimum atomic E-state index is -0.250. The first-order chi connectivity index (χ1) is 3.13. The van der Waals surface area contributed by atoms with Gasteiger partial charge in [0.2, 0.25) is 5.91 Å². The molecule has 0 rings (SSSR count). The lowest BCUT2D eigenvalue weighted by Gasteiger charge is -1.81. The number of hydrogen-bond donors (Lipinski definition) is 1. The van der Waals surface area contributed by atoms with Crippen LogP contribution in [-0.4, -0.2) is 11.7 Å². The Morgan fingerprint density at radius 3 is 2.00 bits per heavy atom. The molecule has 0 aromatic rings. The van der Waals surface area contributed by atoms with Crippen molar-refractivity contribution in [2.75, 3.05) is 0 Å². The van der Waals surface area contributed by atoms with E-state index in [1.807, 2.05) is 0 Å². The smallest absolute Gasteiger partial charge is 0.244 e. The van der Waals surface area contributed by atoms with Crippen molar-refractivity contribution in [1.29, 1.82) is 0 Å². The van der Waals surface area contributed by atoms with Gasteiger partial charge in [0.15, 0.2) is 0 Å². The standard InChI is InChI=1S/C4H8N2O/c1-3(5)6-4(2)7/h1-2H3,(H2,5,6,7). The molecule has 3 nitrogen and oxygen atoms in total. The molecule has 0 aliphatic heterocycles. The minimum Gasteiger partial charge on any atom is -0.387 e. The molecule has 0 aliphatic carbocycles. The minimum absolute atomic E-state index is 0.250. The van der Waals surface area contributed by atoms with Crippen LogP contribution in [0.25, 0.3) is 0 Å². The molecular weight excluding hydrogens is 92.1 g/mol. The van der Waals surface area contributed by atoms with Gasteiger partial charge >= 0.3 is 0 Å². The summed E-state index contributed by atoms with van der Waals surface area (Å²) in [6.07, 6.45) is 0. The molecule has 0 saturated carbocycles. The fraction of sp³-hybridized carbons (Fsp3) is 0.500. The Balaban J connectivity index is 3.68. The maximum atomic E-state index is 9.99. The first-order valence-electron chi connectivity index (χ1n) is 1.94. The lowest BCUT2D eigenvalue weighted by Crippen LogP contribution is -2.06. The third-order valence-corrected chi connectivity index (χ3v) is 0.334. The van der Waals surface area contributed by atoms with E-state index < -0.39 is 0 Å². The number of nitrogens with two attached hydrogens (primary N) is 1. The molecule has 3 heteroatoms. The summed E-state index contributed by atoms with van der Waals surface area (Å²) in [5.74, 6) is 0.0625. The zero-order valence-corrected chi connectivity index (χ0v) is 4.43. The van der Waals surface area contributed by atoms with Crippen LogP contribution < -0.4 is 5.73 Å². The molecule has 0 spiro atoms. The maximum Gasteiger partial charge on any atom is 0.244 e. The van der Waals surface area contributed by atoms with Crippen molar-refractivity contribution in [3.8, 4) is 0 Å². The summed E-state index contributed by atoms with van der Waals surface area (Å²) in [7, 11) is 0. The van der Waals surface area contributed by atoms with Gasteiger partial charge in [-0.15, -0.1) is 0 Å². The number of amides is 1. The molecule has 0 atom stereocenters. The highest BCUT2D eigenvalue weighted by Gasteiger charge is 1.81. The predicted octanol–water partition coefficient (Wildman–Crippen LogP) is -0.0900. The number of hydrogen-bond acceptors (Lipinski definition) is 1. The fourth-order valence-corrected chi connectivity index (χ4v) is 0.248. The van der Waals surface area contributed by atoms with Gasteiger partial charge in [-0.05, 0) is 6.92 Å². The fourth-order valence-electron chi connectivity index (χ4n) is 0.248. The van der Waals surface area contributed by atoms with Crippen LogP contribution in [0.4, 0.5) is 0 Å². The Labute approximate surface area is 42.2 Å². The Hall–Kier alpha value is -0.860. The lowest BCUT2D eigenvalue weighted by atomic mass is 10.6. The number of aliphatic imine (C=N–C) groups is 1. The molecule has 0 radical (unpaired) electrons. The zero-order valence-electron chi connectivity index (χ0n) is 4.43. The molecule has 2 N–H and O–H groups in total. The zero-order chi connectivity index (χ0) is 5.86. The third-order valence-electron chi connectivity index (χ3n) is 0.334. The van der Waals surface area contributed by atoms with E-state index in [1.54, 1.807) is 6.92 Å². The lowest BCUT2D eigenvalue weighted by molar-refractivity contribution is -0.115. The quantitative estimate of drug-likeness (QED) is 0.341. The van der Waals surface area contributed by atoms with Crippen LogP contribution in [0.2, 0.25) is 0 Å². The normalized spacial score (nSPS) is 11.4. The summed E-state index contributed by atoms with van der Waals surface area (Å²) in [6.45, 7) is 2.93. The van der Waals surface area contributed by atoms with Gasteiger partial charge in [0, 0.05) is 6.92 Å². The highest BCUT2D eigenvalue weighted by molar-refractivity contribution is 5.90. The molecule has 0 heterocycles. The van der Waals surface area contributed by atoms with Crippen LogP contribution in [0.15, 0.2) is 4.99 Å². The van der Waals surface area contributed by atoms with Crippen LogP contribution >= 0.6 is 0 Å². The largest absolute Gasteiger partial charge is 0.387 e. The van der Waals surface area contributed by atoms with E-state index in [0.717, 1.165) is 0 Å². The molecule has 7 heavy (non-hydrogen) atoms. The van der Waals surface area contributed by atoms with Crippen LogP contribution in [0.5, 0.6) is 0 Å². The molecular formula is C4H8N2O. The number of rotatable bonds is 0. The van der Waals surface area contributed by atoms with Crippen LogP contribution in [0.3, 0.4) is 0 Å². The first kappa shape index (κ1) is 6.14. The van der Waals surface area contributed by atoms with E-state index in [2.05, 4.69) is 4.99 Å². The summed E-state index contributed by atoms with van der Waals surface area (Å²) in [6, 6.07) is 0. The van der Waals surface area contributed by atoms with E-state index in [4.69, 9.17) is 5.73 Å². The summed E-state index contributed by atoms with van der Waals surface area (Å²) in [5.41, 5.74) is 5.02. The van der Waals surface area contributed by atoms with Crippen molar-refractivity contribution in [1.82, 2.24) is 0 Å².